The molecule has 0 fully saturated rings. The van der Waals surface area contributed by atoms with Gasteiger partial charge in [0.1, 0.15) is 11.5 Å². The molecular weight excluding hydrogens is 386 g/mol. The van der Waals surface area contributed by atoms with Gasteiger partial charge >= 0.3 is 0 Å². The van der Waals surface area contributed by atoms with Crippen molar-refractivity contribution in [1.82, 2.24) is 14.6 Å². The van der Waals surface area contributed by atoms with Gasteiger partial charge < -0.3 is 9.47 Å². The van der Waals surface area contributed by atoms with E-state index in [0.29, 0.717) is 21.9 Å². The van der Waals surface area contributed by atoms with Crippen LogP contribution in [0.25, 0.3) is 23.2 Å². The molecule has 0 atom stereocenters. The third-order valence-electron chi connectivity index (χ3n) is 4.23. The first-order valence-corrected chi connectivity index (χ1v) is 9.94. The molecule has 0 spiro atoms. The van der Waals surface area contributed by atoms with Crippen molar-refractivity contribution in [2.75, 3.05) is 13.7 Å². The lowest BCUT2D eigenvalue weighted by atomic mass is 10.2. The van der Waals surface area contributed by atoms with E-state index < -0.39 is 0 Å². The van der Waals surface area contributed by atoms with E-state index in [0.717, 1.165) is 22.6 Å². The van der Waals surface area contributed by atoms with Crippen molar-refractivity contribution >= 4 is 34.5 Å². The van der Waals surface area contributed by atoms with Gasteiger partial charge in [-0.3, -0.25) is 4.79 Å². The molecule has 0 aliphatic heterocycles. The van der Waals surface area contributed by atoms with Crippen molar-refractivity contribution in [1.29, 1.82) is 0 Å². The second kappa shape index (κ2) is 8.28. The van der Waals surface area contributed by atoms with Crippen molar-refractivity contribution in [3.05, 3.63) is 80.4 Å². The van der Waals surface area contributed by atoms with E-state index in [1.165, 1.54) is 15.9 Å². The van der Waals surface area contributed by atoms with E-state index in [1.54, 1.807) is 13.2 Å². The minimum absolute atomic E-state index is 0.171. The standard InChI is InChI=1S/C22H19N3O3S/c1-3-28-18-11-6-16(7-12-18)14-19-21(26)25-22(29-19)23-20(24-25)13-8-15-4-9-17(27-2)10-5-15/h4-14H,3H2,1-2H3/b13-8+,19-14-. The van der Waals surface area contributed by atoms with E-state index in [1.807, 2.05) is 67.6 Å². The highest BCUT2D eigenvalue weighted by Crippen LogP contribution is 2.14. The summed E-state index contributed by atoms with van der Waals surface area (Å²) in [7, 11) is 1.63. The molecule has 6 nitrogen and oxygen atoms in total. The normalized spacial score (nSPS) is 12.1. The summed E-state index contributed by atoms with van der Waals surface area (Å²) in [5, 5.41) is 4.31. The molecular formula is C22H19N3O3S. The van der Waals surface area contributed by atoms with Crippen molar-refractivity contribution < 1.29 is 9.47 Å². The molecule has 146 valence electrons. The first-order chi connectivity index (χ1) is 14.2. The Kier molecular flexibility index (Phi) is 5.39. The Hall–Kier alpha value is -3.45. The molecule has 0 amide bonds. The SMILES string of the molecule is CCOc1ccc(/C=c2\sc3nc(/C=C/c4ccc(OC)cc4)nn3c2=O)cc1. The van der Waals surface area contributed by atoms with E-state index in [4.69, 9.17) is 9.47 Å². The Morgan fingerprint density at radius 1 is 1.00 bits per heavy atom. The molecule has 2 aromatic heterocycles. The van der Waals surface area contributed by atoms with Gasteiger partial charge in [0.15, 0.2) is 5.82 Å². The van der Waals surface area contributed by atoms with Crippen LogP contribution in [0.15, 0.2) is 53.3 Å². The molecule has 2 heterocycles. The minimum Gasteiger partial charge on any atom is -0.497 e. The lowest BCUT2D eigenvalue weighted by molar-refractivity contribution is 0.340. The molecule has 4 aromatic rings. The van der Waals surface area contributed by atoms with Gasteiger partial charge in [0, 0.05) is 0 Å². The lowest BCUT2D eigenvalue weighted by Crippen LogP contribution is -2.23. The van der Waals surface area contributed by atoms with Gasteiger partial charge in [0.2, 0.25) is 4.96 Å². The first-order valence-electron chi connectivity index (χ1n) is 9.12. The van der Waals surface area contributed by atoms with E-state index in [2.05, 4.69) is 10.1 Å². The van der Waals surface area contributed by atoms with Crippen LogP contribution in [0.4, 0.5) is 0 Å². The van der Waals surface area contributed by atoms with Crippen LogP contribution in [0.2, 0.25) is 0 Å². The van der Waals surface area contributed by atoms with Crippen LogP contribution < -0.4 is 19.6 Å². The maximum atomic E-state index is 12.6. The van der Waals surface area contributed by atoms with Crippen LogP contribution in [0.3, 0.4) is 0 Å². The summed E-state index contributed by atoms with van der Waals surface area (Å²) in [6.07, 6.45) is 5.53. The number of aromatic nitrogens is 3. The summed E-state index contributed by atoms with van der Waals surface area (Å²) in [5.74, 6) is 2.11. The highest BCUT2D eigenvalue weighted by atomic mass is 32.1. The highest BCUT2D eigenvalue weighted by Gasteiger charge is 2.08. The number of hydrogen-bond donors (Lipinski definition) is 0. The molecule has 0 aliphatic rings. The van der Waals surface area contributed by atoms with Gasteiger partial charge in [-0.1, -0.05) is 41.7 Å². The summed E-state index contributed by atoms with van der Waals surface area (Å²) < 4.78 is 12.5. The zero-order valence-electron chi connectivity index (χ0n) is 16.0. The smallest absolute Gasteiger partial charge is 0.291 e. The third kappa shape index (κ3) is 4.20. The molecule has 0 N–H and O–H groups in total. The van der Waals surface area contributed by atoms with Crippen LogP contribution in [0.5, 0.6) is 11.5 Å². The number of thiazole rings is 1. The monoisotopic (exact) mass is 405 g/mol. The topological polar surface area (TPSA) is 65.7 Å². The fourth-order valence-electron chi connectivity index (χ4n) is 2.78. The van der Waals surface area contributed by atoms with Gasteiger partial charge in [0.05, 0.1) is 18.2 Å². The van der Waals surface area contributed by atoms with Crippen molar-refractivity contribution in [3.8, 4) is 11.5 Å². The van der Waals surface area contributed by atoms with Crippen LogP contribution in [-0.4, -0.2) is 28.3 Å². The predicted molar refractivity (Wildman–Crippen MR) is 115 cm³/mol. The number of rotatable bonds is 6. The molecule has 7 heteroatoms. The average Bonchev–Trinajstić information content (AvgIpc) is 3.27. The van der Waals surface area contributed by atoms with E-state index in [-0.39, 0.29) is 5.56 Å². The second-order valence-electron chi connectivity index (χ2n) is 6.19. The molecule has 0 saturated heterocycles. The predicted octanol–water partition coefficient (Wildman–Crippen LogP) is 3.28. The summed E-state index contributed by atoms with van der Waals surface area (Å²) in [5.41, 5.74) is 1.75. The average molecular weight is 405 g/mol. The minimum atomic E-state index is -0.171. The maximum Gasteiger partial charge on any atom is 0.291 e. The number of hydrogen-bond acceptors (Lipinski definition) is 6. The number of nitrogens with zero attached hydrogens (tertiary/aromatic N) is 3. The molecule has 29 heavy (non-hydrogen) atoms. The molecule has 0 radical (unpaired) electrons. The molecule has 0 aliphatic carbocycles. The fraction of sp³-hybridized carbons (Fsp3) is 0.136. The quantitative estimate of drug-likeness (QED) is 0.493. The molecule has 0 saturated carbocycles. The lowest BCUT2D eigenvalue weighted by Gasteiger charge is -2.01. The molecule has 0 unspecified atom stereocenters. The van der Waals surface area contributed by atoms with Gasteiger partial charge in [-0.15, -0.1) is 5.10 Å². The largest absolute Gasteiger partial charge is 0.497 e. The summed E-state index contributed by atoms with van der Waals surface area (Å²) in [6.45, 7) is 2.56. The van der Waals surface area contributed by atoms with Crippen LogP contribution >= 0.6 is 11.3 Å². The zero-order chi connectivity index (χ0) is 20.2. The highest BCUT2D eigenvalue weighted by molar-refractivity contribution is 7.15. The van der Waals surface area contributed by atoms with Gasteiger partial charge in [-0.25, -0.2) is 0 Å². The third-order valence-corrected chi connectivity index (χ3v) is 5.19. The number of ether oxygens (including phenoxy) is 2. The number of benzene rings is 2. The fourth-order valence-corrected chi connectivity index (χ4v) is 3.70. The van der Waals surface area contributed by atoms with Crippen molar-refractivity contribution in [2.24, 2.45) is 0 Å². The summed E-state index contributed by atoms with van der Waals surface area (Å²) in [6, 6.07) is 15.3. The second-order valence-corrected chi connectivity index (χ2v) is 7.20. The van der Waals surface area contributed by atoms with Crippen LogP contribution in [-0.2, 0) is 0 Å². The van der Waals surface area contributed by atoms with Crippen molar-refractivity contribution in [2.45, 2.75) is 6.92 Å². The Balaban J connectivity index is 1.58. The molecule has 0 bridgehead atoms. The van der Waals surface area contributed by atoms with Crippen LogP contribution in [0.1, 0.15) is 23.9 Å². The number of methoxy groups -OCH3 is 1. The number of fused-ring (bicyclic) bond motifs is 1. The molecule has 4 rings (SSSR count). The first kappa shape index (κ1) is 18.9. The molecule has 2 aromatic carbocycles. The maximum absolute atomic E-state index is 12.6. The summed E-state index contributed by atoms with van der Waals surface area (Å²) >= 11 is 1.32. The van der Waals surface area contributed by atoms with Gasteiger partial charge in [-0.2, -0.15) is 9.50 Å². The Bertz CT molecular complexity index is 1260. The van der Waals surface area contributed by atoms with Gasteiger partial charge in [-0.05, 0) is 54.5 Å². The van der Waals surface area contributed by atoms with Crippen LogP contribution in [0, 0.1) is 0 Å². The summed E-state index contributed by atoms with van der Waals surface area (Å²) in [4.78, 5) is 17.7. The van der Waals surface area contributed by atoms with E-state index in [9.17, 15) is 4.79 Å². The Labute approximate surface area is 171 Å². The zero-order valence-corrected chi connectivity index (χ0v) is 16.8. The van der Waals surface area contributed by atoms with E-state index >= 15 is 0 Å². The Morgan fingerprint density at radius 3 is 2.34 bits per heavy atom. The van der Waals surface area contributed by atoms with Gasteiger partial charge in [0.25, 0.3) is 5.56 Å². The van der Waals surface area contributed by atoms with Crippen molar-refractivity contribution in [3.63, 3.8) is 0 Å². The Morgan fingerprint density at radius 2 is 1.69 bits per heavy atom.